The number of benzene rings is 2. The largest absolute Gasteiger partial charge is 0.452 e. The van der Waals surface area contributed by atoms with Gasteiger partial charge in [-0.1, -0.05) is 17.8 Å². The maximum Gasteiger partial charge on any atom is 0.338 e. The number of carbonyl (C=O) groups is 2. The second-order valence-electron chi connectivity index (χ2n) is 4.72. The molecule has 25 heavy (non-hydrogen) atoms. The van der Waals surface area contributed by atoms with Crippen molar-refractivity contribution in [1.82, 2.24) is 0 Å². The van der Waals surface area contributed by atoms with E-state index in [4.69, 9.17) is 10.00 Å². The van der Waals surface area contributed by atoms with Gasteiger partial charge in [-0.2, -0.15) is 14.0 Å². The van der Waals surface area contributed by atoms with E-state index in [9.17, 15) is 18.4 Å². The van der Waals surface area contributed by atoms with Gasteiger partial charge in [-0.25, -0.2) is 4.79 Å². The van der Waals surface area contributed by atoms with Gasteiger partial charge < -0.3 is 10.1 Å². The average molecular weight is 362 g/mol. The number of rotatable bonds is 6. The molecule has 0 bridgehead atoms. The van der Waals surface area contributed by atoms with Crippen LogP contribution in [0.15, 0.2) is 53.4 Å². The Morgan fingerprint density at radius 1 is 1.20 bits per heavy atom. The molecule has 0 aliphatic carbocycles. The third kappa shape index (κ3) is 5.90. The fourth-order valence-corrected chi connectivity index (χ4v) is 2.35. The van der Waals surface area contributed by atoms with Crippen molar-refractivity contribution in [2.75, 3.05) is 11.9 Å². The Bertz CT molecular complexity index is 804. The van der Waals surface area contributed by atoms with Crippen molar-refractivity contribution in [3.05, 3.63) is 59.7 Å². The van der Waals surface area contributed by atoms with Crippen molar-refractivity contribution in [1.29, 1.82) is 5.26 Å². The Hall–Kier alpha value is -2.92. The highest BCUT2D eigenvalue weighted by Gasteiger charge is 2.12. The number of ether oxygens (including phenoxy) is 1. The van der Waals surface area contributed by atoms with Crippen molar-refractivity contribution < 1.29 is 23.1 Å². The van der Waals surface area contributed by atoms with Crippen molar-refractivity contribution in [2.45, 2.75) is 10.7 Å². The molecule has 0 spiro atoms. The molecule has 2 aromatic rings. The molecule has 2 aromatic carbocycles. The fraction of sp³-hybridized carbons (Fsp3) is 0.118. The van der Waals surface area contributed by atoms with Gasteiger partial charge in [-0.15, -0.1) is 0 Å². The summed E-state index contributed by atoms with van der Waals surface area (Å²) in [6.07, 6.45) is 0. The van der Waals surface area contributed by atoms with Crippen LogP contribution in [0.2, 0.25) is 0 Å². The van der Waals surface area contributed by atoms with Crippen LogP contribution in [0.3, 0.4) is 0 Å². The van der Waals surface area contributed by atoms with Crippen molar-refractivity contribution >= 4 is 29.3 Å². The SMILES string of the molecule is N#Cc1cccc(NC(=O)COC(=O)c2ccc(SC(F)F)cc2)c1. The summed E-state index contributed by atoms with van der Waals surface area (Å²) in [5, 5.41) is 11.3. The summed E-state index contributed by atoms with van der Waals surface area (Å²) in [6, 6.07) is 13.7. The van der Waals surface area contributed by atoms with Crippen molar-refractivity contribution in [3.63, 3.8) is 0 Å². The number of anilines is 1. The summed E-state index contributed by atoms with van der Waals surface area (Å²) >= 11 is 0.369. The molecule has 8 heteroatoms. The molecule has 0 unspecified atom stereocenters. The van der Waals surface area contributed by atoms with E-state index in [1.165, 1.54) is 30.3 Å². The van der Waals surface area contributed by atoms with Gasteiger partial charge in [-0.3, -0.25) is 4.79 Å². The normalized spacial score (nSPS) is 10.2. The highest BCUT2D eigenvalue weighted by Crippen LogP contribution is 2.25. The molecule has 1 amide bonds. The van der Waals surface area contributed by atoms with Gasteiger partial charge in [0, 0.05) is 10.6 Å². The molecule has 0 radical (unpaired) electrons. The summed E-state index contributed by atoms with van der Waals surface area (Å²) in [6.45, 7) is -0.511. The second kappa shape index (κ2) is 8.80. The molecule has 2 rings (SSSR count). The van der Waals surface area contributed by atoms with Crippen LogP contribution in [0.4, 0.5) is 14.5 Å². The van der Waals surface area contributed by atoms with Gasteiger partial charge >= 0.3 is 5.97 Å². The van der Waals surface area contributed by atoms with Crippen LogP contribution < -0.4 is 5.32 Å². The van der Waals surface area contributed by atoms with Crippen molar-refractivity contribution in [3.8, 4) is 6.07 Å². The van der Waals surface area contributed by atoms with E-state index in [-0.39, 0.29) is 5.56 Å². The third-order valence-electron chi connectivity index (χ3n) is 2.92. The quantitative estimate of drug-likeness (QED) is 0.627. The number of halogens is 2. The molecule has 128 valence electrons. The van der Waals surface area contributed by atoms with Gasteiger partial charge in [0.05, 0.1) is 17.2 Å². The monoisotopic (exact) mass is 362 g/mol. The summed E-state index contributed by atoms with van der Waals surface area (Å²) < 4.78 is 29.3. The minimum Gasteiger partial charge on any atom is -0.452 e. The minimum atomic E-state index is -2.54. The number of nitrogens with one attached hydrogen (secondary N) is 1. The minimum absolute atomic E-state index is 0.151. The van der Waals surface area contributed by atoms with Crippen LogP contribution in [-0.4, -0.2) is 24.2 Å². The number of carbonyl (C=O) groups excluding carboxylic acids is 2. The smallest absolute Gasteiger partial charge is 0.338 e. The van der Waals surface area contributed by atoms with Gasteiger partial charge in [0.1, 0.15) is 0 Å². The number of hydrogen-bond donors (Lipinski definition) is 1. The number of hydrogen-bond acceptors (Lipinski definition) is 5. The highest BCUT2D eigenvalue weighted by atomic mass is 32.2. The first kappa shape index (κ1) is 18.4. The van der Waals surface area contributed by atoms with Crippen LogP contribution in [-0.2, 0) is 9.53 Å². The molecular weight excluding hydrogens is 350 g/mol. The Labute approximate surface area is 146 Å². The number of alkyl halides is 2. The third-order valence-corrected chi connectivity index (χ3v) is 3.65. The predicted octanol–water partition coefficient (Wildman–Crippen LogP) is 3.67. The molecule has 0 aliphatic heterocycles. The van der Waals surface area contributed by atoms with Crippen LogP contribution in [0.25, 0.3) is 0 Å². The van der Waals surface area contributed by atoms with E-state index in [0.29, 0.717) is 27.9 Å². The van der Waals surface area contributed by atoms with E-state index in [1.807, 2.05) is 6.07 Å². The van der Waals surface area contributed by atoms with Crippen LogP contribution in [0.5, 0.6) is 0 Å². The van der Waals surface area contributed by atoms with Crippen molar-refractivity contribution in [2.24, 2.45) is 0 Å². The first-order valence-corrected chi connectivity index (χ1v) is 7.88. The topological polar surface area (TPSA) is 79.2 Å². The lowest BCUT2D eigenvalue weighted by Gasteiger charge is -2.07. The summed E-state index contributed by atoms with van der Waals surface area (Å²) in [5.41, 5.74) is 0.947. The van der Waals surface area contributed by atoms with E-state index >= 15 is 0 Å². The number of amides is 1. The Balaban J connectivity index is 1.86. The molecule has 1 N–H and O–H groups in total. The van der Waals surface area contributed by atoms with Crippen LogP contribution in [0.1, 0.15) is 15.9 Å². The maximum atomic E-state index is 12.2. The predicted molar refractivity (Wildman–Crippen MR) is 88.4 cm³/mol. The first-order chi connectivity index (χ1) is 12.0. The lowest BCUT2D eigenvalue weighted by atomic mass is 10.2. The number of nitriles is 1. The molecule has 0 heterocycles. The van der Waals surface area contributed by atoms with Crippen LogP contribution in [0, 0.1) is 11.3 Å². The van der Waals surface area contributed by atoms with Gasteiger partial charge in [0.15, 0.2) is 6.61 Å². The molecule has 0 aliphatic rings. The highest BCUT2D eigenvalue weighted by molar-refractivity contribution is 7.99. The van der Waals surface area contributed by atoms with E-state index in [2.05, 4.69) is 5.32 Å². The molecule has 0 aromatic heterocycles. The van der Waals surface area contributed by atoms with E-state index < -0.39 is 24.2 Å². The molecule has 5 nitrogen and oxygen atoms in total. The Morgan fingerprint density at radius 3 is 2.56 bits per heavy atom. The molecule has 0 saturated heterocycles. The Morgan fingerprint density at radius 2 is 1.92 bits per heavy atom. The van der Waals surface area contributed by atoms with Crippen LogP contribution >= 0.6 is 11.8 Å². The van der Waals surface area contributed by atoms with E-state index in [1.54, 1.807) is 18.2 Å². The van der Waals surface area contributed by atoms with Gasteiger partial charge in [0.25, 0.3) is 11.7 Å². The zero-order valence-corrected chi connectivity index (χ0v) is 13.6. The molecular formula is C17H12F2N2O3S. The zero-order valence-electron chi connectivity index (χ0n) is 12.7. The summed E-state index contributed by atoms with van der Waals surface area (Å²) in [7, 11) is 0. The number of thioether (sulfide) groups is 1. The maximum absolute atomic E-state index is 12.2. The first-order valence-electron chi connectivity index (χ1n) is 7.00. The van der Waals surface area contributed by atoms with E-state index in [0.717, 1.165) is 0 Å². The molecule has 0 atom stereocenters. The fourth-order valence-electron chi connectivity index (χ4n) is 1.85. The summed E-state index contributed by atoms with van der Waals surface area (Å²) in [4.78, 5) is 23.9. The lowest BCUT2D eigenvalue weighted by Crippen LogP contribution is -2.20. The standard InChI is InChI=1S/C17H12F2N2O3S/c18-17(19)25-14-6-4-12(5-7-14)16(23)24-10-15(22)21-13-3-1-2-11(8-13)9-20/h1-8,17H,10H2,(H,21,22). The number of nitrogens with zero attached hydrogens (tertiary/aromatic N) is 1. The van der Waals surface area contributed by atoms with Gasteiger partial charge in [-0.05, 0) is 42.5 Å². The number of esters is 1. The summed E-state index contributed by atoms with van der Waals surface area (Å²) in [5.74, 6) is -3.84. The Kier molecular flexibility index (Phi) is 6.48. The second-order valence-corrected chi connectivity index (χ2v) is 5.78. The van der Waals surface area contributed by atoms with Gasteiger partial charge in [0.2, 0.25) is 0 Å². The lowest BCUT2D eigenvalue weighted by molar-refractivity contribution is -0.119. The average Bonchev–Trinajstić information content (AvgIpc) is 2.60. The molecule has 0 fully saturated rings. The molecule has 0 saturated carbocycles. The zero-order chi connectivity index (χ0) is 18.2.